The molecule has 0 aliphatic heterocycles. The molecular weight excluding hydrogens is 386 g/mol. The van der Waals surface area contributed by atoms with Gasteiger partial charge in [-0.15, -0.1) is 0 Å². The Kier molecular flexibility index (Phi) is 5.47. The smallest absolute Gasteiger partial charge is 0.338 e. The van der Waals surface area contributed by atoms with Gasteiger partial charge in [0.2, 0.25) is 5.82 Å². The fraction of sp³-hybridized carbons (Fsp3) is 0.136. The summed E-state index contributed by atoms with van der Waals surface area (Å²) in [4.78, 5) is 16.7. The van der Waals surface area contributed by atoms with E-state index in [1.54, 1.807) is 50.6 Å². The summed E-state index contributed by atoms with van der Waals surface area (Å²) in [5, 5.41) is 3.94. The van der Waals surface area contributed by atoms with E-state index in [0.717, 1.165) is 5.69 Å². The molecular formula is C22H19N3O5. The SMILES string of the molecule is COc1ccc(-c2noc(COC(=O)c3cccc(-n4cccc4)c3)n2)cc1OC. The Bertz CT molecular complexity index is 1150. The molecule has 0 radical (unpaired) electrons. The maximum absolute atomic E-state index is 12.4. The first kappa shape index (κ1) is 19.3. The van der Waals surface area contributed by atoms with Crippen molar-refractivity contribution in [2.24, 2.45) is 0 Å². The number of aromatic nitrogens is 3. The highest BCUT2D eigenvalue weighted by Crippen LogP contribution is 2.31. The third kappa shape index (κ3) is 4.02. The maximum Gasteiger partial charge on any atom is 0.338 e. The minimum atomic E-state index is -0.477. The zero-order valence-electron chi connectivity index (χ0n) is 16.4. The van der Waals surface area contributed by atoms with Crippen molar-refractivity contribution in [3.05, 3.63) is 78.4 Å². The summed E-state index contributed by atoms with van der Waals surface area (Å²) in [7, 11) is 3.11. The van der Waals surface area contributed by atoms with Gasteiger partial charge in [0.15, 0.2) is 18.1 Å². The second kappa shape index (κ2) is 8.52. The van der Waals surface area contributed by atoms with Gasteiger partial charge in [-0.05, 0) is 48.5 Å². The van der Waals surface area contributed by atoms with Crippen LogP contribution in [-0.4, -0.2) is 34.9 Å². The van der Waals surface area contributed by atoms with E-state index in [1.807, 2.05) is 35.2 Å². The molecule has 0 atom stereocenters. The van der Waals surface area contributed by atoms with Gasteiger partial charge in [-0.2, -0.15) is 4.98 Å². The number of benzene rings is 2. The normalized spacial score (nSPS) is 10.6. The largest absolute Gasteiger partial charge is 0.493 e. The van der Waals surface area contributed by atoms with Crippen LogP contribution in [0, 0.1) is 0 Å². The first-order valence-electron chi connectivity index (χ1n) is 9.13. The molecule has 0 saturated heterocycles. The Labute approximate surface area is 172 Å². The molecule has 0 amide bonds. The van der Waals surface area contributed by atoms with Gasteiger partial charge >= 0.3 is 5.97 Å². The summed E-state index contributed by atoms with van der Waals surface area (Å²) in [6.07, 6.45) is 3.80. The molecule has 30 heavy (non-hydrogen) atoms. The van der Waals surface area contributed by atoms with Crippen molar-refractivity contribution >= 4 is 5.97 Å². The lowest BCUT2D eigenvalue weighted by Crippen LogP contribution is -2.06. The van der Waals surface area contributed by atoms with Crippen molar-refractivity contribution in [3.63, 3.8) is 0 Å². The Hall–Kier alpha value is -4.07. The number of hydrogen-bond donors (Lipinski definition) is 0. The number of ether oxygens (including phenoxy) is 3. The summed E-state index contributed by atoms with van der Waals surface area (Å²) in [6, 6.07) is 16.3. The van der Waals surface area contributed by atoms with Crippen LogP contribution >= 0.6 is 0 Å². The zero-order valence-corrected chi connectivity index (χ0v) is 16.4. The van der Waals surface area contributed by atoms with Gasteiger partial charge in [-0.25, -0.2) is 4.79 Å². The van der Waals surface area contributed by atoms with Crippen LogP contribution in [0.2, 0.25) is 0 Å². The molecule has 0 fully saturated rings. The van der Waals surface area contributed by atoms with Crippen LogP contribution in [0.15, 0.2) is 71.5 Å². The van der Waals surface area contributed by atoms with Crippen molar-refractivity contribution in [2.75, 3.05) is 14.2 Å². The van der Waals surface area contributed by atoms with Gasteiger partial charge in [0.25, 0.3) is 5.89 Å². The van der Waals surface area contributed by atoms with Crippen LogP contribution in [0.3, 0.4) is 0 Å². The summed E-state index contributed by atoms with van der Waals surface area (Å²) in [5.74, 6) is 1.22. The van der Waals surface area contributed by atoms with Crippen LogP contribution in [0.5, 0.6) is 11.5 Å². The van der Waals surface area contributed by atoms with Gasteiger partial charge in [0, 0.05) is 23.6 Å². The molecule has 2 aromatic carbocycles. The van der Waals surface area contributed by atoms with Crippen LogP contribution in [0.25, 0.3) is 17.1 Å². The molecule has 4 rings (SSSR count). The quantitative estimate of drug-likeness (QED) is 0.431. The van der Waals surface area contributed by atoms with E-state index in [0.29, 0.717) is 28.5 Å². The van der Waals surface area contributed by atoms with E-state index in [9.17, 15) is 4.79 Å². The van der Waals surface area contributed by atoms with Gasteiger partial charge in [0.05, 0.1) is 19.8 Å². The van der Waals surface area contributed by atoms with Crippen molar-refractivity contribution < 1.29 is 23.5 Å². The lowest BCUT2D eigenvalue weighted by molar-refractivity contribution is 0.0430. The first-order chi connectivity index (χ1) is 14.7. The van der Waals surface area contributed by atoms with Crippen molar-refractivity contribution in [1.29, 1.82) is 0 Å². The molecule has 2 heterocycles. The monoisotopic (exact) mass is 405 g/mol. The number of carbonyl (C=O) groups excluding carboxylic acids is 1. The molecule has 152 valence electrons. The standard InChI is InChI=1S/C22H19N3O5/c1-27-18-9-8-15(13-19(18)28-2)21-23-20(30-24-21)14-29-22(26)16-6-5-7-17(12-16)25-10-3-4-11-25/h3-13H,14H2,1-2H3. The summed E-state index contributed by atoms with van der Waals surface area (Å²) in [5.41, 5.74) is 1.98. The Morgan fingerprint density at radius 2 is 1.80 bits per heavy atom. The highest BCUT2D eigenvalue weighted by atomic mass is 16.6. The van der Waals surface area contributed by atoms with Crippen LogP contribution < -0.4 is 9.47 Å². The molecule has 8 heteroatoms. The second-order valence-corrected chi connectivity index (χ2v) is 6.30. The number of hydrogen-bond acceptors (Lipinski definition) is 7. The first-order valence-corrected chi connectivity index (χ1v) is 9.13. The Morgan fingerprint density at radius 3 is 2.57 bits per heavy atom. The number of carbonyl (C=O) groups is 1. The fourth-order valence-corrected chi connectivity index (χ4v) is 2.92. The van der Waals surface area contributed by atoms with Crippen LogP contribution in [0.4, 0.5) is 0 Å². The van der Waals surface area contributed by atoms with Crippen LogP contribution in [0.1, 0.15) is 16.2 Å². The Morgan fingerprint density at radius 1 is 1.00 bits per heavy atom. The highest BCUT2D eigenvalue weighted by molar-refractivity contribution is 5.90. The van der Waals surface area contributed by atoms with E-state index in [4.69, 9.17) is 18.7 Å². The van der Waals surface area contributed by atoms with E-state index >= 15 is 0 Å². The molecule has 4 aromatic rings. The van der Waals surface area contributed by atoms with Gasteiger partial charge in [-0.3, -0.25) is 0 Å². The predicted octanol–water partition coefficient (Wildman–Crippen LogP) is 3.90. The maximum atomic E-state index is 12.4. The van der Waals surface area contributed by atoms with Crippen molar-refractivity contribution in [3.8, 4) is 28.6 Å². The molecule has 0 N–H and O–H groups in total. The molecule has 0 aliphatic rings. The van der Waals surface area contributed by atoms with E-state index in [-0.39, 0.29) is 12.5 Å². The topological polar surface area (TPSA) is 88.6 Å². The molecule has 8 nitrogen and oxygen atoms in total. The highest BCUT2D eigenvalue weighted by Gasteiger charge is 2.15. The Balaban J connectivity index is 1.44. The predicted molar refractivity (Wildman–Crippen MR) is 108 cm³/mol. The lowest BCUT2D eigenvalue weighted by atomic mass is 10.2. The molecule has 2 aromatic heterocycles. The van der Waals surface area contributed by atoms with Crippen molar-refractivity contribution in [2.45, 2.75) is 6.61 Å². The van der Waals surface area contributed by atoms with E-state index < -0.39 is 5.97 Å². The average Bonchev–Trinajstić information content (AvgIpc) is 3.49. The molecule has 0 bridgehead atoms. The fourth-order valence-electron chi connectivity index (χ4n) is 2.92. The lowest BCUT2D eigenvalue weighted by Gasteiger charge is -2.07. The molecule has 0 unspecified atom stereocenters. The minimum Gasteiger partial charge on any atom is -0.493 e. The van der Waals surface area contributed by atoms with Gasteiger partial charge in [0.1, 0.15) is 0 Å². The zero-order chi connectivity index (χ0) is 20.9. The number of methoxy groups -OCH3 is 2. The summed E-state index contributed by atoms with van der Waals surface area (Å²) >= 11 is 0. The third-order valence-corrected chi connectivity index (χ3v) is 4.42. The van der Waals surface area contributed by atoms with E-state index in [2.05, 4.69) is 10.1 Å². The van der Waals surface area contributed by atoms with Gasteiger partial charge in [-0.1, -0.05) is 11.2 Å². The van der Waals surface area contributed by atoms with Crippen LogP contribution in [-0.2, 0) is 11.3 Å². The number of rotatable bonds is 7. The second-order valence-electron chi connectivity index (χ2n) is 6.30. The summed E-state index contributed by atoms with van der Waals surface area (Å²) in [6.45, 7) is -0.132. The minimum absolute atomic E-state index is 0.132. The van der Waals surface area contributed by atoms with E-state index in [1.165, 1.54) is 0 Å². The summed E-state index contributed by atoms with van der Waals surface area (Å²) < 4.78 is 22.9. The molecule has 0 spiro atoms. The third-order valence-electron chi connectivity index (χ3n) is 4.42. The number of nitrogens with zero attached hydrogens (tertiary/aromatic N) is 3. The molecule has 0 aliphatic carbocycles. The van der Waals surface area contributed by atoms with Crippen molar-refractivity contribution in [1.82, 2.24) is 14.7 Å². The average molecular weight is 405 g/mol. The van der Waals surface area contributed by atoms with Gasteiger partial charge < -0.3 is 23.3 Å². The molecule has 0 saturated carbocycles. The number of esters is 1.